The smallest absolute Gasteiger partial charge is 0.251 e. The van der Waals surface area contributed by atoms with E-state index in [1.165, 1.54) is 18.2 Å². The average molecular weight is 1290 g/mol. The van der Waals surface area contributed by atoms with Gasteiger partial charge in [0, 0.05) is 157 Å². The lowest BCUT2D eigenvalue weighted by molar-refractivity contribution is -0.256. The van der Waals surface area contributed by atoms with Gasteiger partial charge in [-0.05, 0) is 97.5 Å². The van der Waals surface area contributed by atoms with Gasteiger partial charge in [-0.2, -0.15) is 0 Å². The molecule has 2 aliphatic heterocycles. The quantitative estimate of drug-likeness (QED) is 0.0174. The molecule has 91 heavy (non-hydrogen) atoms. The van der Waals surface area contributed by atoms with Crippen molar-refractivity contribution in [2.75, 3.05) is 144 Å². The van der Waals surface area contributed by atoms with Crippen molar-refractivity contribution in [3.8, 4) is 44.9 Å². The predicted octanol–water partition coefficient (Wildman–Crippen LogP) is 9.09. The molecule has 4 aromatic carbocycles. The minimum Gasteiger partial charge on any atom is -0.545 e. The van der Waals surface area contributed by atoms with Gasteiger partial charge in [0.05, 0.1) is 63.7 Å². The van der Waals surface area contributed by atoms with Crippen molar-refractivity contribution in [3.63, 3.8) is 0 Å². The molecule has 0 saturated heterocycles. The maximum Gasteiger partial charge on any atom is 0.251 e. The van der Waals surface area contributed by atoms with Gasteiger partial charge in [0.1, 0.15) is 50.9 Å². The van der Waals surface area contributed by atoms with Crippen LogP contribution in [0.1, 0.15) is 100 Å². The van der Waals surface area contributed by atoms with Gasteiger partial charge in [0.25, 0.3) is 11.8 Å². The zero-order valence-corrected chi connectivity index (χ0v) is 54.5. The number of alkyl halides is 2. The molecule has 0 unspecified atom stereocenters. The molecular weight excluding hydrogens is 1200 g/mol. The van der Waals surface area contributed by atoms with Crippen LogP contribution in [0.3, 0.4) is 0 Å². The molecule has 2 N–H and O–H groups in total. The van der Waals surface area contributed by atoms with E-state index in [-0.39, 0.29) is 36.6 Å². The molecule has 0 bridgehead atoms. The Morgan fingerprint density at radius 1 is 0.451 bits per heavy atom. The molecular formula is C71H88Cl2N6O12. The lowest BCUT2D eigenvalue weighted by atomic mass is 9.89. The van der Waals surface area contributed by atoms with Gasteiger partial charge < -0.3 is 68.0 Å². The highest BCUT2D eigenvalue weighted by Gasteiger charge is 2.25. The summed E-state index contributed by atoms with van der Waals surface area (Å²) in [5.74, 6) is -0.847. The van der Waals surface area contributed by atoms with Gasteiger partial charge in [-0.3, -0.25) is 9.59 Å². The zero-order valence-electron chi connectivity index (χ0n) is 53.0. The lowest BCUT2D eigenvalue weighted by Crippen LogP contribution is -2.29. The van der Waals surface area contributed by atoms with Crippen molar-refractivity contribution in [1.29, 1.82) is 0 Å². The van der Waals surface area contributed by atoms with Gasteiger partial charge in [0.15, 0.2) is 0 Å². The number of hydrogen-bond donors (Lipinski definition) is 2. The van der Waals surface area contributed by atoms with Crippen LogP contribution in [0.25, 0.3) is 66.8 Å². The van der Waals surface area contributed by atoms with E-state index < -0.39 is 17.8 Å². The maximum absolute atomic E-state index is 13.2. The van der Waals surface area contributed by atoms with Crippen molar-refractivity contribution in [2.45, 2.75) is 58.8 Å². The Hall–Kier alpha value is -7.84. The number of carbonyl (C=O) groups excluding carboxylic acids is 4. The third kappa shape index (κ3) is 20.1. The Labute approximate surface area is 544 Å². The minimum atomic E-state index is -1.38. The number of amides is 2. The van der Waals surface area contributed by atoms with E-state index in [9.17, 15) is 29.4 Å². The molecule has 0 radical (unpaired) electrons. The van der Waals surface area contributed by atoms with Crippen molar-refractivity contribution in [2.24, 2.45) is 0 Å². The molecule has 0 saturated carbocycles. The third-order valence-electron chi connectivity index (χ3n) is 15.1. The average Bonchev–Trinajstić information content (AvgIpc) is 0.784. The molecule has 2 amide bonds. The van der Waals surface area contributed by atoms with Crippen LogP contribution < -0.4 is 50.5 Å². The Kier molecular flexibility index (Phi) is 28.8. The number of hydrogen-bond acceptors (Lipinski definition) is 14. The van der Waals surface area contributed by atoms with E-state index in [1.807, 2.05) is 148 Å². The summed E-state index contributed by atoms with van der Waals surface area (Å²) in [4.78, 5) is 54.9. The number of halogens is 2. The second-order valence-electron chi connectivity index (χ2n) is 22.5. The van der Waals surface area contributed by atoms with E-state index in [4.69, 9.17) is 51.0 Å². The molecule has 4 aliphatic rings. The molecule has 2 aliphatic carbocycles. The van der Waals surface area contributed by atoms with Crippen LogP contribution in [0.4, 0.5) is 11.4 Å². The van der Waals surface area contributed by atoms with Gasteiger partial charge in [-0.15, -0.1) is 23.2 Å². The molecule has 0 fully saturated rings. The molecule has 4 aromatic rings. The predicted molar refractivity (Wildman–Crippen MR) is 361 cm³/mol. The summed E-state index contributed by atoms with van der Waals surface area (Å²) < 4.78 is 39.0. The first-order chi connectivity index (χ1) is 43.4. The number of carboxylic acid groups (broad SMARTS) is 2. The van der Waals surface area contributed by atoms with Crippen LogP contribution in [-0.2, 0) is 18.9 Å². The summed E-state index contributed by atoms with van der Waals surface area (Å²) in [6, 6.07) is 32.4. The molecule has 8 rings (SSSR count). The van der Waals surface area contributed by atoms with Gasteiger partial charge >= 0.3 is 0 Å². The Balaban J connectivity index is 0.000000286. The van der Waals surface area contributed by atoms with Crippen LogP contribution in [0.2, 0.25) is 0 Å². The molecule has 0 spiro atoms. The third-order valence-corrected chi connectivity index (χ3v) is 15.7. The number of nitrogens with one attached hydrogen (secondary N) is 2. The number of anilines is 2. The molecule has 18 nitrogen and oxygen atoms in total. The summed E-state index contributed by atoms with van der Waals surface area (Å²) in [5, 5.41) is 33.8. The number of unbranched alkanes of at least 4 members (excludes halogenated alkanes) is 6. The normalized spacial score (nSPS) is 11.1. The number of rotatable bonds is 32. The highest BCUT2D eigenvalue weighted by Crippen LogP contribution is 2.44. The van der Waals surface area contributed by atoms with Crippen LogP contribution in [0.15, 0.2) is 118 Å². The first-order valence-corrected chi connectivity index (χ1v) is 31.6. The second-order valence-corrected chi connectivity index (χ2v) is 23.3. The van der Waals surface area contributed by atoms with Gasteiger partial charge in [0.2, 0.25) is 10.7 Å². The molecule has 0 aromatic heterocycles. The summed E-state index contributed by atoms with van der Waals surface area (Å²) >= 11 is 11.4. The van der Waals surface area contributed by atoms with E-state index >= 15 is 0 Å². The summed E-state index contributed by atoms with van der Waals surface area (Å²) in [5.41, 5.74) is 7.14. The fourth-order valence-electron chi connectivity index (χ4n) is 10.2. The van der Waals surface area contributed by atoms with Crippen LogP contribution in [0, 0.1) is 0 Å². The lowest BCUT2D eigenvalue weighted by Gasteiger charge is -2.20. The fraction of sp³-hybridized carbons (Fsp3) is 0.408. The maximum atomic E-state index is 13.2. The number of aromatic carboxylic acids is 2. The van der Waals surface area contributed by atoms with Crippen LogP contribution >= 0.6 is 23.2 Å². The summed E-state index contributed by atoms with van der Waals surface area (Å²) in [7, 11) is 15.5. The zero-order chi connectivity index (χ0) is 64.7. The number of benzene rings is 6. The highest BCUT2D eigenvalue weighted by molar-refractivity contribution is 6.18. The fourth-order valence-corrected chi connectivity index (χ4v) is 10.6. The van der Waals surface area contributed by atoms with Crippen molar-refractivity contribution in [3.05, 3.63) is 142 Å². The Morgan fingerprint density at radius 3 is 1.29 bits per heavy atom. The Morgan fingerprint density at radius 2 is 0.857 bits per heavy atom. The van der Waals surface area contributed by atoms with E-state index in [0.29, 0.717) is 122 Å². The van der Waals surface area contributed by atoms with Gasteiger partial charge in [-0.1, -0.05) is 45.2 Å². The van der Waals surface area contributed by atoms with Crippen molar-refractivity contribution < 1.29 is 57.2 Å². The first-order valence-electron chi connectivity index (χ1n) is 30.5. The van der Waals surface area contributed by atoms with E-state index in [2.05, 4.69) is 10.6 Å². The number of nitrogens with zero attached hydrogens (tertiary/aromatic N) is 4. The van der Waals surface area contributed by atoms with Crippen molar-refractivity contribution >= 4 is 80.3 Å². The molecule has 2 heterocycles. The molecule has 20 heteroatoms. The largest absolute Gasteiger partial charge is 0.545 e. The summed E-state index contributed by atoms with van der Waals surface area (Å²) in [6.07, 6.45) is 8.50. The number of ether oxygens (including phenoxy) is 4. The highest BCUT2D eigenvalue weighted by atomic mass is 35.5. The first kappa shape index (κ1) is 72.2. The monoisotopic (exact) mass is 1290 g/mol. The SMILES string of the molecule is C.CN(C)c1ccc2c(-c3cc(C(=O)NCCOCCOCCCCCCCl)ccc3C(=O)[O-])c3ccc(=[N+](C)C)cc-3oc2c1.CN(C)c1ccc2c(-c3ccc(C(=O)NCCOCCOCCCCCCCl)cc3C(=O)[O-])c3ccc(=[N+](C)C)cc-3oc2c1. The second kappa shape index (κ2) is 36.3. The number of fused-ring (bicyclic) bond motifs is 4. The van der Waals surface area contributed by atoms with Crippen molar-refractivity contribution in [1.82, 2.24) is 19.8 Å². The van der Waals surface area contributed by atoms with Crippen LogP contribution in [-0.4, -0.2) is 158 Å². The molecule has 0 atom stereocenters. The number of carboxylic acids is 2. The standard InChI is InChI=1S/2C35H42ClN3O6.CH4/c1-38(2)25-10-13-28-31(22-25)45-32-23-26(39(3)4)11-14-29(32)33(28)30-21-24(9-12-27(30)35(41)42)34(40)37-16-18-44-20-19-43-17-8-6-5-7-15-36;1-38(2)25-10-13-28-31(22-25)45-32-23-26(39(3)4)11-14-29(32)33(28)27-12-9-24(21-30(27)35(41)42)34(40)37-16-18-44-20-19-43-17-8-6-5-7-15-36;/h2*9-14,21-23H,5-8,15-20H2,1-4H3,(H-,37,40,41,42);1H4. The molecule has 488 valence electrons. The summed E-state index contributed by atoms with van der Waals surface area (Å²) in [6.45, 7) is 4.45. The minimum absolute atomic E-state index is 0. The van der Waals surface area contributed by atoms with E-state index in [0.717, 1.165) is 95.4 Å². The van der Waals surface area contributed by atoms with Crippen LogP contribution in [0.5, 0.6) is 0 Å². The number of carbonyl (C=O) groups is 4. The van der Waals surface area contributed by atoms with Gasteiger partial charge in [-0.25, -0.2) is 9.15 Å². The van der Waals surface area contributed by atoms with E-state index in [1.54, 1.807) is 18.2 Å². The topological polar surface area (TPSA) is 214 Å². The Bertz CT molecular complexity index is 3810.